The first kappa shape index (κ1) is 18.0. The molecule has 0 saturated carbocycles. The molecule has 28 heavy (non-hydrogen) atoms. The fourth-order valence-electron chi connectivity index (χ4n) is 3.49. The van der Waals surface area contributed by atoms with Crippen LogP contribution in [0.3, 0.4) is 0 Å². The van der Waals surface area contributed by atoms with Crippen LogP contribution in [0, 0.1) is 6.92 Å². The van der Waals surface area contributed by atoms with Crippen LogP contribution in [0.1, 0.15) is 37.4 Å². The van der Waals surface area contributed by atoms with E-state index >= 15 is 0 Å². The zero-order valence-electron chi connectivity index (χ0n) is 15.8. The SMILES string of the molecule is Cc1ccc(CNC(=O)c2cccc(C(=O)N3CCc4ccccc43)c2)cc1. The lowest BCUT2D eigenvalue weighted by Gasteiger charge is -2.17. The Balaban J connectivity index is 1.47. The van der Waals surface area contributed by atoms with E-state index in [2.05, 4.69) is 11.4 Å². The van der Waals surface area contributed by atoms with Crippen molar-refractivity contribution in [2.75, 3.05) is 11.4 Å². The summed E-state index contributed by atoms with van der Waals surface area (Å²) in [7, 11) is 0. The molecule has 4 heteroatoms. The van der Waals surface area contributed by atoms with Crippen molar-refractivity contribution in [1.82, 2.24) is 5.32 Å². The maximum absolute atomic E-state index is 13.0. The van der Waals surface area contributed by atoms with Crippen molar-refractivity contribution in [3.8, 4) is 0 Å². The molecule has 0 spiro atoms. The van der Waals surface area contributed by atoms with E-state index in [0.717, 1.165) is 17.7 Å². The Labute approximate surface area is 164 Å². The van der Waals surface area contributed by atoms with Crippen LogP contribution >= 0.6 is 0 Å². The van der Waals surface area contributed by atoms with Crippen LogP contribution in [0.2, 0.25) is 0 Å². The van der Waals surface area contributed by atoms with Gasteiger partial charge in [-0.05, 0) is 48.7 Å². The summed E-state index contributed by atoms with van der Waals surface area (Å²) in [6.45, 7) is 3.16. The molecule has 0 fully saturated rings. The van der Waals surface area contributed by atoms with Crippen LogP contribution in [-0.4, -0.2) is 18.4 Å². The van der Waals surface area contributed by atoms with Gasteiger partial charge in [-0.15, -0.1) is 0 Å². The number of aryl methyl sites for hydroxylation is 1. The highest BCUT2D eigenvalue weighted by Gasteiger charge is 2.25. The number of hydrogen-bond donors (Lipinski definition) is 1. The summed E-state index contributed by atoms with van der Waals surface area (Å²) in [6, 6.07) is 22.9. The quantitative estimate of drug-likeness (QED) is 0.751. The van der Waals surface area contributed by atoms with Crippen molar-refractivity contribution >= 4 is 17.5 Å². The van der Waals surface area contributed by atoms with Crippen molar-refractivity contribution < 1.29 is 9.59 Å². The molecule has 0 aromatic heterocycles. The summed E-state index contributed by atoms with van der Waals surface area (Å²) in [4.78, 5) is 27.3. The van der Waals surface area contributed by atoms with Crippen LogP contribution < -0.4 is 10.2 Å². The summed E-state index contributed by atoms with van der Waals surface area (Å²) in [5.41, 5.74) is 5.39. The molecule has 4 nitrogen and oxygen atoms in total. The lowest BCUT2D eigenvalue weighted by atomic mass is 10.1. The number of benzene rings is 3. The molecular weight excluding hydrogens is 348 g/mol. The number of nitrogens with one attached hydrogen (secondary N) is 1. The van der Waals surface area contributed by atoms with Gasteiger partial charge in [-0.2, -0.15) is 0 Å². The molecule has 140 valence electrons. The number of nitrogens with zero attached hydrogens (tertiary/aromatic N) is 1. The van der Waals surface area contributed by atoms with E-state index in [9.17, 15) is 9.59 Å². The first-order valence-electron chi connectivity index (χ1n) is 9.45. The van der Waals surface area contributed by atoms with Crippen LogP contribution in [0.15, 0.2) is 72.8 Å². The number of para-hydroxylation sites is 1. The second-order valence-electron chi connectivity index (χ2n) is 7.08. The highest BCUT2D eigenvalue weighted by Crippen LogP contribution is 2.28. The maximum Gasteiger partial charge on any atom is 0.258 e. The standard InChI is InChI=1S/C24H22N2O2/c1-17-9-11-18(12-10-17)16-25-23(27)20-6-4-7-21(15-20)24(28)26-14-13-19-5-2-3-8-22(19)26/h2-12,15H,13-14,16H2,1H3,(H,25,27). The van der Waals surface area contributed by atoms with Crippen LogP contribution in [-0.2, 0) is 13.0 Å². The highest BCUT2D eigenvalue weighted by molar-refractivity contribution is 6.08. The summed E-state index contributed by atoms with van der Waals surface area (Å²) < 4.78 is 0. The highest BCUT2D eigenvalue weighted by atomic mass is 16.2. The third-order valence-electron chi connectivity index (χ3n) is 5.08. The molecule has 0 unspecified atom stereocenters. The Hall–Kier alpha value is -3.40. The van der Waals surface area contributed by atoms with E-state index in [-0.39, 0.29) is 11.8 Å². The number of carbonyl (C=O) groups excluding carboxylic acids is 2. The molecule has 1 N–H and O–H groups in total. The summed E-state index contributed by atoms with van der Waals surface area (Å²) in [6.07, 6.45) is 0.860. The lowest BCUT2D eigenvalue weighted by Crippen LogP contribution is -2.29. The zero-order chi connectivity index (χ0) is 19.5. The molecule has 0 radical (unpaired) electrons. The molecule has 4 rings (SSSR count). The third kappa shape index (κ3) is 3.67. The Morgan fingerprint density at radius 2 is 1.68 bits per heavy atom. The van der Waals surface area contributed by atoms with Gasteiger partial charge in [-0.3, -0.25) is 9.59 Å². The van der Waals surface area contributed by atoms with E-state index in [1.807, 2.05) is 49.4 Å². The predicted molar refractivity (Wildman–Crippen MR) is 111 cm³/mol. The molecule has 2 amide bonds. The summed E-state index contributed by atoms with van der Waals surface area (Å²) in [5, 5.41) is 2.92. The molecule has 3 aromatic rings. The van der Waals surface area contributed by atoms with Crippen molar-refractivity contribution in [1.29, 1.82) is 0 Å². The third-order valence-corrected chi connectivity index (χ3v) is 5.08. The summed E-state index contributed by atoms with van der Waals surface area (Å²) >= 11 is 0. The van der Waals surface area contributed by atoms with Gasteiger partial charge in [0.15, 0.2) is 0 Å². The minimum Gasteiger partial charge on any atom is -0.348 e. The van der Waals surface area contributed by atoms with Gasteiger partial charge in [0.25, 0.3) is 11.8 Å². The van der Waals surface area contributed by atoms with Gasteiger partial charge in [0.05, 0.1) is 0 Å². The normalized spacial score (nSPS) is 12.5. The first-order valence-corrected chi connectivity index (χ1v) is 9.45. The molecule has 0 bridgehead atoms. The lowest BCUT2D eigenvalue weighted by molar-refractivity contribution is 0.0951. The minimum absolute atomic E-state index is 0.0712. The largest absolute Gasteiger partial charge is 0.348 e. The molecule has 1 heterocycles. The summed E-state index contributed by atoms with van der Waals surface area (Å²) in [5.74, 6) is -0.254. The Bertz CT molecular complexity index is 1020. The number of anilines is 1. The van der Waals surface area contributed by atoms with Crippen molar-refractivity contribution in [2.45, 2.75) is 19.9 Å². The van der Waals surface area contributed by atoms with E-state index in [0.29, 0.717) is 24.2 Å². The zero-order valence-corrected chi connectivity index (χ0v) is 15.8. The van der Waals surface area contributed by atoms with Gasteiger partial charge < -0.3 is 10.2 Å². The van der Waals surface area contributed by atoms with Gasteiger partial charge in [-0.1, -0.05) is 54.1 Å². The number of amides is 2. The second-order valence-corrected chi connectivity index (χ2v) is 7.08. The van der Waals surface area contributed by atoms with E-state index in [1.54, 1.807) is 29.2 Å². The van der Waals surface area contributed by atoms with Crippen LogP contribution in [0.25, 0.3) is 0 Å². The van der Waals surface area contributed by atoms with Crippen LogP contribution in [0.5, 0.6) is 0 Å². The fraction of sp³-hybridized carbons (Fsp3) is 0.167. The van der Waals surface area contributed by atoms with Gasteiger partial charge in [0, 0.05) is 29.9 Å². The van der Waals surface area contributed by atoms with E-state index in [4.69, 9.17) is 0 Å². The molecule has 0 saturated heterocycles. The molecular formula is C24H22N2O2. The Kier molecular flexibility index (Phi) is 4.94. The smallest absolute Gasteiger partial charge is 0.258 e. The minimum atomic E-state index is -0.183. The maximum atomic E-state index is 13.0. The number of hydrogen-bond acceptors (Lipinski definition) is 2. The molecule has 1 aliphatic rings. The Morgan fingerprint density at radius 3 is 2.50 bits per heavy atom. The topological polar surface area (TPSA) is 49.4 Å². The van der Waals surface area contributed by atoms with E-state index < -0.39 is 0 Å². The van der Waals surface area contributed by atoms with Crippen molar-refractivity contribution in [2.24, 2.45) is 0 Å². The van der Waals surface area contributed by atoms with Crippen molar-refractivity contribution in [3.05, 3.63) is 101 Å². The van der Waals surface area contributed by atoms with Gasteiger partial charge in [-0.25, -0.2) is 0 Å². The number of carbonyl (C=O) groups is 2. The number of rotatable bonds is 4. The predicted octanol–water partition coefficient (Wildman–Crippen LogP) is 4.13. The van der Waals surface area contributed by atoms with Gasteiger partial charge in [0.2, 0.25) is 0 Å². The van der Waals surface area contributed by atoms with Crippen LogP contribution in [0.4, 0.5) is 5.69 Å². The molecule has 0 aliphatic carbocycles. The Morgan fingerprint density at radius 1 is 0.929 bits per heavy atom. The second kappa shape index (κ2) is 7.69. The molecule has 0 atom stereocenters. The fourth-order valence-corrected chi connectivity index (χ4v) is 3.49. The van der Waals surface area contributed by atoms with Gasteiger partial charge >= 0.3 is 0 Å². The first-order chi connectivity index (χ1) is 13.6. The van der Waals surface area contributed by atoms with Gasteiger partial charge in [0.1, 0.15) is 0 Å². The average Bonchev–Trinajstić information content (AvgIpc) is 3.17. The molecule has 3 aromatic carbocycles. The monoisotopic (exact) mass is 370 g/mol. The average molecular weight is 370 g/mol. The molecule has 1 aliphatic heterocycles. The number of fused-ring (bicyclic) bond motifs is 1. The van der Waals surface area contributed by atoms with Crippen molar-refractivity contribution in [3.63, 3.8) is 0 Å². The van der Waals surface area contributed by atoms with E-state index in [1.165, 1.54) is 11.1 Å².